The predicted octanol–water partition coefficient (Wildman–Crippen LogP) is 3.67. The number of aryl methyl sites for hydroxylation is 1. The smallest absolute Gasteiger partial charge is 0.305 e. The Hall–Kier alpha value is -4.22. The molecule has 9 nitrogen and oxygen atoms in total. The number of halogens is 3. The molecule has 1 saturated heterocycles. The maximum Gasteiger partial charge on any atom is 0.305 e. The van der Waals surface area contributed by atoms with E-state index >= 15 is 0 Å². The number of benzene rings is 2. The SMILES string of the molecule is Cc1cc(F)c(F)c(OCC(=O)[C@H](CC(=O)O)NC(=O)[C@H]2CCCN(C(=O)C(=O)Cc3ccccc3C(C)(C)C)C2)c1F. The number of hydrogen-bond acceptors (Lipinski definition) is 6. The van der Waals surface area contributed by atoms with Crippen molar-refractivity contribution in [1.29, 1.82) is 0 Å². The summed E-state index contributed by atoms with van der Waals surface area (Å²) in [4.78, 5) is 64.4. The number of rotatable bonds is 11. The highest BCUT2D eigenvalue weighted by Gasteiger charge is 2.34. The van der Waals surface area contributed by atoms with Crippen LogP contribution in [0.2, 0.25) is 0 Å². The third-order valence-corrected chi connectivity index (χ3v) is 7.23. The largest absolute Gasteiger partial charge is 0.481 e. The van der Waals surface area contributed by atoms with Crippen molar-refractivity contribution in [2.24, 2.45) is 5.92 Å². The number of amides is 2. The highest BCUT2D eigenvalue weighted by molar-refractivity contribution is 6.36. The van der Waals surface area contributed by atoms with Crippen molar-refractivity contribution in [2.45, 2.75) is 64.8 Å². The van der Waals surface area contributed by atoms with Crippen LogP contribution >= 0.6 is 0 Å². The minimum Gasteiger partial charge on any atom is -0.481 e. The van der Waals surface area contributed by atoms with Crippen LogP contribution < -0.4 is 10.1 Å². The summed E-state index contributed by atoms with van der Waals surface area (Å²) in [5.74, 6) is -10.9. The number of carbonyl (C=O) groups excluding carboxylic acids is 4. The Morgan fingerprint density at radius 3 is 2.42 bits per heavy atom. The molecule has 0 aliphatic carbocycles. The third-order valence-electron chi connectivity index (χ3n) is 7.23. The minimum atomic E-state index is -1.65. The van der Waals surface area contributed by atoms with Gasteiger partial charge in [0.15, 0.2) is 23.2 Å². The van der Waals surface area contributed by atoms with Crippen LogP contribution in [0.4, 0.5) is 13.2 Å². The Kier molecular flexibility index (Phi) is 10.7. The second kappa shape index (κ2) is 13.8. The number of piperidine rings is 1. The van der Waals surface area contributed by atoms with Gasteiger partial charge in [0.1, 0.15) is 12.6 Å². The molecule has 0 radical (unpaired) electrons. The maximum absolute atomic E-state index is 14.2. The Morgan fingerprint density at radius 2 is 1.77 bits per heavy atom. The molecular weight excluding hydrogens is 569 g/mol. The average Bonchev–Trinajstić information content (AvgIpc) is 2.94. The van der Waals surface area contributed by atoms with Crippen molar-refractivity contribution in [1.82, 2.24) is 10.2 Å². The Balaban J connectivity index is 1.66. The van der Waals surface area contributed by atoms with Crippen LogP contribution in [0.15, 0.2) is 30.3 Å². The number of likely N-dealkylation sites (tertiary alicyclic amines) is 1. The fourth-order valence-electron chi connectivity index (χ4n) is 4.99. The number of hydrogen-bond donors (Lipinski definition) is 2. The summed E-state index contributed by atoms with van der Waals surface area (Å²) in [6.45, 7) is 6.23. The third kappa shape index (κ3) is 8.42. The molecule has 0 saturated carbocycles. The van der Waals surface area contributed by atoms with Crippen LogP contribution in [-0.2, 0) is 35.8 Å². The van der Waals surface area contributed by atoms with Crippen LogP contribution in [0.5, 0.6) is 5.75 Å². The maximum atomic E-state index is 14.2. The lowest BCUT2D eigenvalue weighted by atomic mass is 9.82. The van der Waals surface area contributed by atoms with Gasteiger partial charge in [-0.05, 0) is 47.9 Å². The number of carboxylic acid groups (broad SMARTS) is 1. The van der Waals surface area contributed by atoms with E-state index in [4.69, 9.17) is 4.74 Å². The highest BCUT2D eigenvalue weighted by atomic mass is 19.2. The molecule has 2 amide bonds. The van der Waals surface area contributed by atoms with Crippen molar-refractivity contribution in [3.05, 3.63) is 64.5 Å². The lowest BCUT2D eigenvalue weighted by molar-refractivity contribution is -0.146. The molecule has 0 spiro atoms. The number of nitrogens with one attached hydrogen (secondary N) is 1. The monoisotopic (exact) mass is 604 g/mol. The topological polar surface area (TPSA) is 130 Å². The van der Waals surface area contributed by atoms with E-state index in [9.17, 15) is 42.3 Å². The van der Waals surface area contributed by atoms with E-state index < -0.39 is 77.5 Å². The van der Waals surface area contributed by atoms with Crippen molar-refractivity contribution >= 4 is 29.4 Å². The standard InChI is InChI=1S/C31H35F3N2O7/c1-17-12-21(32)27(34)28(26(17)33)43-16-24(38)22(14-25(39)40)35-29(41)19-9-7-11-36(15-19)30(42)23(37)13-18-8-5-6-10-20(18)31(2,3)4/h5-6,8,10,12,19,22H,7,9,11,13-16H2,1-4H3,(H,35,41)(H,39,40)/t19-,22-/m0/s1. The zero-order chi connectivity index (χ0) is 32.1. The van der Waals surface area contributed by atoms with Crippen LogP contribution in [0.25, 0.3) is 0 Å². The molecule has 12 heteroatoms. The first-order valence-electron chi connectivity index (χ1n) is 13.8. The van der Waals surface area contributed by atoms with E-state index in [2.05, 4.69) is 5.32 Å². The molecular formula is C31H35F3N2O7. The van der Waals surface area contributed by atoms with Gasteiger partial charge < -0.3 is 20.1 Å². The van der Waals surface area contributed by atoms with E-state index in [1.54, 1.807) is 12.1 Å². The molecule has 3 rings (SSSR count). The van der Waals surface area contributed by atoms with Gasteiger partial charge in [0.05, 0.1) is 12.3 Å². The molecule has 1 fully saturated rings. The first-order chi connectivity index (χ1) is 20.1. The van der Waals surface area contributed by atoms with Crippen LogP contribution in [0, 0.1) is 30.3 Å². The Morgan fingerprint density at radius 1 is 1.09 bits per heavy atom. The van der Waals surface area contributed by atoms with E-state index in [-0.39, 0.29) is 30.5 Å². The fraction of sp³-hybridized carbons (Fsp3) is 0.452. The van der Waals surface area contributed by atoms with Gasteiger partial charge in [-0.3, -0.25) is 24.0 Å². The first kappa shape index (κ1) is 33.3. The van der Waals surface area contributed by atoms with Crippen molar-refractivity contribution in [2.75, 3.05) is 19.7 Å². The van der Waals surface area contributed by atoms with Crippen molar-refractivity contribution < 1.29 is 47.0 Å². The van der Waals surface area contributed by atoms with E-state index in [0.29, 0.717) is 18.9 Å². The first-order valence-corrected chi connectivity index (χ1v) is 13.8. The molecule has 2 aromatic carbocycles. The van der Waals surface area contributed by atoms with Gasteiger partial charge in [-0.1, -0.05) is 45.0 Å². The summed E-state index contributed by atoms with van der Waals surface area (Å²) in [7, 11) is 0. The summed E-state index contributed by atoms with van der Waals surface area (Å²) in [6, 6.07) is 6.32. The average molecular weight is 605 g/mol. The van der Waals surface area contributed by atoms with E-state index in [1.807, 2.05) is 32.9 Å². The number of carbonyl (C=O) groups is 5. The summed E-state index contributed by atoms with van der Waals surface area (Å²) in [6.07, 6.45) is -0.281. The number of ketones is 2. The van der Waals surface area contributed by atoms with E-state index in [0.717, 1.165) is 18.1 Å². The number of Topliss-reactive ketones (excluding diaryl/α,β-unsaturated/α-hetero) is 2. The number of nitrogens with zero attached hydrogens (tertiary/aromatic N) is 1. The molecule has 232 valence electrons. The number of carboxylic acids is 1. The lowest BCUT2D eigenvalue weighted by Crippen LogP contribution is -2.51. The zero-order valence-corrected chi connectivity index (χ0v) is 24.5. The second-order valence-electron chi connectivity index (χ2n) is 11.6. The van der Waals surface area contributed by atoms with Gasteiger partial charge in [-0.15, -0.1) is 0 Å². The Bertz CT molecular complexity index is 1390. The normalized spacial score (nSPS) is 15.9. The highest BCUT2D eigenvalue weighted by Crippen LogP contribution is 2.28. The lowest BCUT2D eigenvalue weighted by Gasteiger charge is -2.32. The molecule has 0 aromatic heterocycles. The number of aliphatic carboxylic acids is 1. The van der Waals surface area contributed by atoms with Crippen molar-refractivity contribution in [3.8, 4) is 5.75 Å². The van der Waals surface area contributed by atoms with Crippen LogP contribution in [0.3, 0.4) is 0 Å². The number of ether oxygens (including phenoxy) is 1. The van der Waals surface area contributed by atoms with Crippen LogP contribution in [0.1, 0.15) is 56.7 Å². The van der Waals surface area contributed by atoms with Gasteiger partial charge in [0.25, 0.3) is 5.91 Å². The zero-order valence-electron chi connectivity index (χ0n) is 24.5. The Labute approximate surface area is 247 Å². The molecule has 2 N–H and O–H groups in total. The van der Waals surface area contributed by atoms with Gasteiger partial charge >= 0.3 is 5.97 Å². The molecule has 1 aliphatic heterocycles. The molecule has 2 atom stereocenters. The molecule has 2 aromatic rings. The van der Waals surface area contributed by atoms with Crippen LogP contribution in [-0.4, -0.2) is 65.1 Å². The van der Waals surface area contributed by atoms with Gasteiger partial charge in [0, 0.05) is 19.5 Å². The summed E-state index contributed by atoms with van der Waals surface area (Å²) in [5.41, 5.74) is 1.14. The van der Waals surface area contributed by atoms with Gasteiger partial charge in [0.2, 0.25) is 17.5 Å². The fourth-order valence-corrected chi connectivity index (χ4v) is 4.99. The quantitative estimate of drug-likeness (QED) is 0.296. The second-order valence-corrected chi connectivity index (χ2v) is 11.6. The van der Waals surface area contributed by atoms with Gasteiger partial charge in [-0.2, -0.15) is 4.39 Å². The molecule has 43 heavy (non-hydrogen) atoms. The summed E-state index contributed by atoms with van der Waals surface area (Å²) >= 11 is 0. The van der Waals surface area contributed by atoms with Crippen molar-refractivity contribution in [3.63, 3.8) is 0 Å². The predicted molar refractivity (Wildman–Crippen MR) is 149 cm³/mol. The van der Waals surface area contributed by atoms with E-state index in [1.165, 1.54) is 4.90 Å². The molecule has 1 heterocycles. The minimum absolute atomic E-state index is 0.110. The summed E-state index contributed by atoms with van der Waals surface area (Å²) < 4.78 is 46.8. The summed E-state index contributed by atoms with van der Waals surface area (Å²) in [5, 5.41) is 11.6. The molecule has 0 bridgehead atoms. The molecule has 1 aliphatic rings. The molecule has 0 unspecified atom stereocenters. The van der Waals surface area contributed by atoms with Gasteiger partial charge in [-0.25, -0.2) is 8.78 Å².